The number of rotatable bonds is 2. The Balaban J connectivity index is 1.95. The van der Waals surface area contributed by atoms with E-state index in [4.69, 9.17) is 5.73 Å². The van der Waals surface area contributed by atoms with Gasteiger partial charge >= 0.3 is 0 Å². The molecule has 0 aromatic carbocycles. The van der Waals surface area contributed by atoms with Gasteiger partial charge in [-0.05, 0) is 6.54 Å². The fourth-order valence-corrected chi connectivity index (χ4v) is 1.88. The Morgan fingerprint density at radius 1 is 1.40 bits per heavy atom. The van der Waals surface area contributed by atoms with Crippen LogP contribution >= 0.6 is 0 Å². The van der Waals surface area contributed by atoms with Crippen LogP contribution in [-0.4, -0.2) is 39.6 Å². The molecule has 3 heterocycles. The maximum absolute atomic E-state index is 5.59. The molecule has 6 heteroatoms. The van der Waals surface area contributed by atoms with Gasteiger partial charge in [0.15, 0.2) is 11.5 Å². The van der Waals surface area contributed by atoms with E-state index in [0.717, 1.165) is 36.6 Å². The van der Waals surface area contributed by atoms with Gasteiger partial charge in [-0.1, -0.05) is 0 Å². The van der Waals surface area contributed by atoms with E-state index in [-0.39, 0.29) is 0 Å². The fraction of sp³-hybridized carbons (Fsp3) is 0.444. The summed E-state index contributed by atoms with van der Waals surface area (Å²) in [6.07, 6.45) is 3.19. The lowest BCUT2D eigenvalue weighted by Crippen LogP contribution is -2.50. The summed E-state index contributed by atoms with van der Waals surface area (Å²) in [5, 5.41) is 0. The van der Waals surface area contributed by atoms with Crippen LogP contribution in [-0.2, 0) is 0 Å². The highest BCUT2D eigenvalue weighted by atomic mass is 15.3. The first-order chi connectivity index (χ1) is 7.38. The molecule has 78 valence electrons. The van der Waals surface area contributed by atoms with E-state index in [1.807, 2.05) is 0 Å². The summed E-state index contributed by atoms with van der Waals surface area (Å²) in [5.41, 5.74) is 7.22. The molecule has 0 radical (unpaired) electrons. The Labute approximate surface area is 86.5 Å². The van der Waals surface area contributed by atoms with Gasteiger partial charge in [-0.25, -0.2) is 15.0 Å². The average molecular weight is 204 g/mol. The Hall–Kier alpha value is -1.69. The maximum atomic E-state index is 5.59. The highest BCUT2D eigenvalue weighted by Crippen LogP contribution is 2.26. The summed E-state index contributed by atoms with van der Waals surface area (Å²) >= 11 is 0. The van der Waals surface area contributed by atoms with Gasteiger partial charge in [0.25, 0.3) is 0 Å². The number of anilines is 1. The molecule has 1 aliphatic rings. The molecule has 2 aromatic rings. The first-order valence-electron chi connectivity index (χ1n) is 4.97. The van der Waals surface area contributed by atoms with E-state index in [1.54, 1.807) is 12.7 Å². The van der Waals surface area contributed by atoms with Crippen LogP contribution in [0.15, 0.2) is 12.7 Å². The normalized spacial score (nSPS) is 17.0. The molecule has 0 spiro atoms. The molecule has 2 aromatic heterocycles. The minimum absolute atomic E-state index is 0.595. The Morgan fingerprint density at radius 3 is 3.07 bits per heavy atom. The van der Waals surface area contributed by atoms with Crippen LogP contribution in [0.3, 0.4) is 0 Å². The zero-order valence-corrected chi connectivity index (χ0v) is 8.22. The van der Waals surface area contributed by atoms with E-state index in [2.05, 4.69) is 24.8 Å². The summed E-state index contributed by atoms with van der Waals surface area (Å²) < 4.78 is 0. The van der Waals surface area contributed by atoms with E-state index >= 15 is 0 Å². The lowest BCUT2D eigenvalue weighted by Gasteiger charge is -2.39. The number of fused-ring (bicyclic) bond motifs is 1. The van der Waals surface area contributed by atoms with Gasteiger partial charge in [-0.3, -0.25) is 0 Å². The number of nitrogens with one attached hydrogen (secondary N) is 1. The van der Waals surface area contributed by atoms with Crippen molar-refractivity contribution in [3.63, 3.8) is 0 Å². The lowest BCUT2D eigenvalue weighted by atomic mass is 10.0. The molecule has 3 rings (SSSR count). The van der Waals surface area contributed by atoms with Crippen molar-refractivity contribution >= 4 is 17.0 Å². The molecule has 0 bridgehead atoms. The number of aromatic amines is 1. The van der Waals surface area contributed by atoms with Crippen molar-refractivity contribution < 1.29 is 0 Å². The van der Waals surface area contributed by atoms with Crippen LogP contribution < -0.4 is 10.6 Å². The van der Waals surface area contributed by atoms with E-state index < -0.39 is 0 Å². The van der Waals surface area contributed by atoms with Gasteiger partial charge < -0.3 is 15.6 Å². The second-order valence-corrected chi connectivity index (χ2v) is 3.81. The smallest absolute Gasteiger partial charge is 0.182 e. The topological polar surface area (TPSA) is 83.7 Å². The number of hydrogen-bond donors (Lipinski definition) is 2. The molecule has 0 saturated carbocycles. The molecule has 0 unspecified atom stereocenters. The molecule has 1 aliphatic heterocycles. The molecule has 0 aliphatic carbocycles. The second-order valence-electron chi connectivity index (χ2n) is 3.81. The SMILES string of the molecule is NCC1CN(c2ncnc3nc[nH]c23)C1. The van der Waals surface area contributed by atoms with Gasteiger partial charge in [0.1, 0.15) is 11.8 Å². The van der Waals surface area contributed by atoms with Crippen molar-refractivity contribution in [1.82, 2.24) is 19.9 Å². The van der Waals surface area contributed by atoms with Crippen molar-refractivity contribution in [1.29, 1.82) is 0 Å². The highest BCUT2D eigenvalue weighted by Gasteiger charge is 2.28. The Morgan fingerprint density at radius 2 is 2.27 bits per heavy atom. The maximum Gasteiger partial charge on any atom is 0.182 e. The quantitative estimate of drug-likeness (QED) is 0.704. The molecular formula is C9H12N6. The molecule has 0 amide bonds. The second kappa shape index (κ2) is 3.16. The zero-order chi connectivity index (χ0) is 10.3. The number of H-pyrrole nitrogens is 1. The minimum atomic E-state index is 0.595. The van der Waals surface area contributed by atoms with Crippen molar-refractivity contribution in [2.45, 2.75) is 0 Å². The van der Waals surface area contributed by atoms with Crippen LogP contribution in [0.1, 0.15) is 0 Å². The largest absolute Gasteiger partial charge is 0.354 e. The van der Waals surface area contributed by atoms with Crippen LogP contribution in [0.25, 0.3) is 11.2 Å². The monoisotopic (exact) mass is 204 g/mol. The van der Waals surface area contributed by atoms with Crippen LogP contribution in [0.2, 0.25) is 0 Å². The van der Waals surface area contributed by atoms with Crippen molar-refractivity contribution in [3.05, 3.63) is 12.7 Å². The predicted molar refractivity (Wildman–Crippen MR) is 56.4 cm³/mol. The van der Waals surface area contributed by atoms with Gasteiger partial charge in [-0.2, -0.15) is 0 Å². The summed E-state index contributed by atoms with van der Waals surface area (Å²) in [5.74, 6) is 1.53. The molecule has 15 heavy (non-hydrogen) atoms. The number of nitrogens with zero attached hydrogens (tertiary/aromatic N) is 4. The standard InChI is InChI=1S/C9H12N6/c10-1-6-2-15(3-6)9-7-8(12-4-11-7)13-5-14-9/h4-6H,1-3,10H2,(H,11,12,13,14). The number of aromatic nitrogens is 4. The Bertz CT molecular complexity index is 472. The first kappa shape index (κ1) is 8.60. The Kier molecular flexibility index (Phi) is 1.81. The summed E-state index contributed by atoms with van der Waals surface area (Å²) in [4.78, 5) is 17.7. The highest BCUT2D eigenvalue weighted by molar-refractivity contribution is 5.83. The predicted octanol–water partition coefficient (Wildman–Crippen LogP) is -0.252. The summed E-state index contributed by atoms with van der Waals surface area (Å²) in [6, 6.07) is 0. The molecule has 0 atom stereocenters. The minimum Gasteiger partial charge on any atom is -0.354 e. The third kappa shape index (κ3) is 1.25. The lowest BCUT2D eigenvalue weighted by molar-refractivity contribution is 0.418. The van der Waals surface area contributed by atoms with Crippen molar-refractivity contribution in [3.8, 4) is 0 Å². The molecule has 3 N–H and O–H groups in total. The summed E-state index contributed by atoms with van der Waals surface area (Å²) in [6.45, 7) is 2.69. The first-order valence-corrected chi connectivity index (χ1v) is 4.97. The number of hydrogen-bond acceptors (Lipinski definition) is 5. The van der Waals surface area contributed by atoms with Gasteiger partial charge in [0, 0.05) is 19.0 Å². The van der Waals surface area contributed by atoms with Crippen LogP contribution in [0.5, 0.6) is 0 Å². The number of nitrogens with two attached hydrogens (primary N) is 1. The molecule has 6 nitrogen and oxygen atoms in total. The van der Waals surface area contributed by atoms with E-state index in [9.17, 15) is 0 Å². The third-order valence-electron chi connectivity index (χ3n) is 2.79. The summed E-state index contributed by atoms with van der Waals surface area (Å²) in [7, 11) is 0. The molecule has 1 saturated heterocycles. The molecular weight excluding hydrogens is 192 g/mol. The van der Waals surface area contributed by atoms with Crippen LogP contribution in [0, 0.1) is 5.92 Å². The van der Waals surface area contributed by atoms with Gasteiger partial charge in [0.2, 0.25) is 0 Å². The van der Waals surface area contributed by atoms with E-state index in [1.165, 1.54) is 0 Å². The van der Waals surface area contributed by atoms with Crippen molar-refractivity contribution in [2.75, 3.05) is 24.5 Å². The fourth-order valence-electron chi connectivity index (χ4n) is 1.88. The van der Waals surface area contributed by atoms with Gasteiger partial charge in [-0.15, -0.1) is 0 Å². The zero-order valence-electron chi connectivity index (χ0n) is 8.22. The van der Waals surface area contributed by atoms with Crippen LogP contribution in [0.4, 0.5) is 5.82 Å². The molecule has 1 fully saturated rings. The van der Waals surface area contributed by atoms with Crippen molar-refractivity contribution in [2.24, 2.45) is 11.7 Å². The van der Waals surface area contributed by atoms with E-state index in [0.29, 0.717) is 5.92 Å². The number of imidazole rings is 1. The third-order valence-corrected chi connectivity index (χ3v) is 2.79. The van der Waals surface area contributed by atoms with Gasteiger partial charge in [0.05, 0.1) is 6.33 Å². The average Bonchev–Trinajstić information content (AvgIpc) is 2.64.